The predicted molar refractivity (Wildman–Crippen MR) is 145 cm³/mol. The van der Waals surface area contributed by atoms with Crippen LogP contribution < -0.4 is 9.47 Å². The summed E-state index contributed by atoms with van der Waals surface area (Å²) in [6, 6.07) is 12.0. The van der Waals surface area contributed by atoms with Crippen molar-refractivity contribution in [1.29, 1.82) is 0 Å². The maximum atomic E-state index is 13.0. The fourth-order valence-corrected chi connectivity index (χ4v) is 6.70. The van der Waals surface area contributed by atoms with E-state index in [1.807, 2.05) is 24.0 Å². The van der Waals surface area contributed by atoms with E-state index >= 15 is 0 Å². The Kier molecular flexibility index (Phi) is 7.39. The van der Waals surface area contributed by atoms with Gasteiger partial charge in [-0.25, -0.2) is 8.42 Å². The van der Waals surface area contributed by atoms with Gasteiger partial charge in [0.05, 0.1) is 10.6 Å². The van der Waals surface area contributed by atoms with E-state index in [0.717, 1.165) is 63.4 Å². The molecule has 0 bridgehead atoms. The maximum absolute atomic E-state index is 13.0. The molecule has 5 heterocycles. The van der Waals surface area contributed by atoms with E-state index in [-0.39, 0.29) is 22.6 Å². The molecule has 0 radical (unpaired) electrons. The molecule has 0 atom stereocenters. The highest BCUT2D eigenvalue weighted by Crippen LogP contribution is 2.35. The third kappa shape index (κ3) is 5.38. The third-order valence-corrected chi connectivity index (χ3v) is 9.54. The summed E-state index contributed by atoms with van der Waals surface area (Å²) in [6.07, 6.45) is 3.60. The van der Waals surface area contributed by atoms with E-state index in [1.54, 1.807) is 18.3 Å². The van der Waals surface area contributed by atoms with Crippen LogP contribution in [0.3, 0.4) is 0 Å². The Morgan fingerprint density at radius 2 is 1.73 bits per heavy atom. The van der Waals surface area contributed by atoms with Crippen LogP contribution in [0.15, 0.2) is 58.6 Å². The van der Waals surface area contributed by atoms with Gasteiger partial charge in [0.2, 0.25) is 16.6 Å². The minimum Gasteiger partial charge on any atom is -0.454 e. The number of aryl methyl sites for hydroxylation is 1. The first-order chi connectivity index (χ1) is 19.4. The minimum absolute atomic E-state index is 0.0252. The van der Waals surface area contributed by atoms with Gasteiger partial charge < -0.3 is 14.4 Å². The molecule has 2 saturated heterocycles. The van der Waals surface area contributed by atoms with E-state index in [0.29, 0.717) is 29.8 Å². The van der Waals surface area contributed by atoms with Gasteiger partial charge in [-0.05, 0) is 55.7 Å². The number of rotatable bonds is 6. The Morgan fingerprint density at radius 3 is 2.45 bits per heavy atom. The number of piperazine rings is 1. The van der Waals surface area contributed by atoms with Crippen LogP contribution in [0, 0.1) is 6.92 Å². The van der Waals surface area contributed by atoms with Crippen molar-refractivity contribution >= 4 is 15.7 Å². The van der Waals surface area contributed by atoms with Crippen LogP contribution in [0.5, 0.6) is 11.5 Å². The topological polar surface area (TPSA) is 118 Å². The lowest BCUT2D eigenvalue weighted by atomic mass is 10.0. The number of hydrogen-bond acceptors (Lipinski definition) is 10. The molecule has 210 valence electrons. The number of likely N-dealkylation sites (tertiary alicyclic amines) is 1. The highest BCUT2D eigenvalue weighted by molar-refractivity contribution is 7.91. The van der Waals surface area contributed by atoms with Gasteiger partial charge in [0.25, 0.3) is 5.91 Å². The lowest BCUT2D eigenvalue weighted by Crippen LogP contribution is -2.53. The molecule has 6 rings (SSSR count). The number of benzene rings is 1. The molecular formula is C28H32N6O5S. The monoisotopic (exact) mass is 564 g/mol. The summed E-state index contributed by atoms with van der Waals surface area (Å²) in [4.78, 5) is 24.1. The normalized spacial score (nSPS) is 18.7. The molecule has 2 fully saturated rings. The first kappa shape index (κ1) is 26.6. The zero-order valence-corrected chi connectivity index (χ0v) is 23.2. The molecule has 1 amide bonds. The number of carbonyl (C=O) groups is 1. The van der Waals surface area contributed by atoms with Crippen LogP contribution in [-0.4, -0.2) is 96.3 Å². The number of piperidine rings is 1. The van der Waals surface area contributed by atoms with Gasteiger partial charge in [-0.3, -0.25) is 19.6 Å². The molecule has 0 unspecified atom stereocenters. The molecule has 3 aromatic rings. The van der Waals surface area contributed by atoms with Crippen molar-refractivity contribution < 1.29 is 22.7 Å². The number of sulfone groups is 1. The van der Waals surface area contributed by atoms with Crippen molar-refractivity contribution in [1.82, 2.24) is 29.9 Å². The standard InChI is InChI=1S/C28H32N6O5S/c1-20-3-2-10-29-27(20)28(35)34-11-8-22(9-12-34)33-15-13-32(14-16-33)18-21-4-7-26(31-30-21)40(36,37)23-5-6-24-25(17-23)39-19-38-24/h2-7,10,17,22H,8-9,11-16,18-19H2,1H3. The van der Waals surface area contributed by atoms with Crippen LogP contribution >= 0.6 is 0 Å². The average Bonchev–Trinajstić information content (AvgIpc) is 3.46. The molecule has 0 spiro atoms. The summed E-state index contributed by atoms with van der Waals surface area (Å²) in [5, 5.41) is 8.16. The number of carbonyl (C=O) groups excluding carboxylic acids is 1. The van der Waals surface area contributed by atoms with E-state index < -0.39 is 9.84 Å². The SMILES string of the molecule is Cc1cccnc1C(=O)N1CCC(N2CCN(Cc3ccc(S(=O)(=O)c4ccc5c(c4)OCO5)nn3)CC2)CC1. The van der Waals surface area contributed by atoms with Gasteiger partial charge in [-0.15, -0.1) is 5.10 Å². The number of pyridine rings is 1. The first-order valence-electron chi connectivity index (χ1n) is 13.5. The second-order valence-electron chi connectivity index (χ2n) is 10.4. The van der Waals surface area contributed by atoms with E-state index in [4.69, 9.17) is 9.47 Å². The second-order valence-corrected chi connectivity index (χ2v) is 12.3. The summed E-state index contributed by atoms with van der Waals surface area (Å²) < 4.78 is 36.6. The second kappa shape index (κ2) is 11.1. The summed E-state index contributed by atoms with van der Waals surface area (Å²) in [7, 11) is -3.82. The Labute approximate surface area is 233 Å². The van der Waals surface area contributed by atoms with Crippen molar-refractivity contribution in [2.45, 2.75) is 42.3 Å². The molecule has 0 saturated carbocycles. The Morgan fingerprint density at radius 1 is 0.950 bits per heavy atom. The van der Waals surface area contributed by atoms with Gasteiger partial charge in [-0.2, -0.15) is 5.10 Å². The molecule has 12 heteroatoms. The molecule has 3 aliphatic rings. The molecule has 2 aromatic heterocycles. The van der Waals surface area contributed by atoms with Crippen LogP contribution in [0.25, 0.3) is 0 Å². The molecular weight excluding hydrogens is 532 g/mol. The summed E-state index contributed by atoms with van der Waals surface area (Å²) in [5.41, 5.74) is 2.20. The predicted octanol–water partition coefficient (Wildman–Crippen LogP) is 2.16. The summed E-state index contributed by atoms with van der Waals surface area (Å²) in [5.74, 6) is 0.956. The number of nitrogens with zero attached hydrogens (tertiary/aromatic N) is 6. The fraction of sp³-hybridized carbons (Fsp3) is 0.429. The Balaban J connectivity index is 0.991. The van der Waals surface area contributed by atoms with Crippen LogP contribution in [0.4, 0.5) is 0 Å². The quantitative estimate of drug-likeness (QED) is 0.441. The van der Waals surface area contributed by atoms with Gasteiger partial charge in [0.1, 0.15) is 5.69 Å². The average molecular weight is 565 g/mol. The van der Waals surface area contributed by atoms with Crippen LogP contribution in [-0.2, 0) is 16.4 Å². The number of ether oxygens (including phenoxy) is 2. The van der Waals surface area contributed by atoms with Gasteiger partial charge >= 0.3 is 0 Å². The van der Waals surface area contributed by atoms with Gasteiger partial charge in [-0.1, -0.05) is 6.07 Å². The number of amides is 1. The fourth-order valence-electron chi connectivity index (χ4n) is 5.55. The lowest BCUT2D eigenvalue weighted by Gasteiger charge is -2.42. The molecule has 0 N–H and O–H groups in total. The Hall–Kier alpha value is -3.61. The van der Waals surface area contributed by atoms with Crippen LogP contribution in [0.1, 0.15) is 34.6 Å². The summed E-state index contributed by atoms with van der Waals surface area (Å²) in [6.45, 7) is 7.79. The van der Waals surface area contributed by atoms with Crippen LogP contribution in [0.2, 0.25) is 0 Å². The lowest BCUT2D eigenvalue weighted by molar-refractivity contribution is 0.0461. The smallest absolute Gasteiger partial charge is 0.272 e. The van der Waals surface area contributed by atoms with Crippen molar-refractivity contribution in [3.8, 4) is 11.5 Å². The zero-order chi connectivity index (χ0) is 27.7. The summed E-state index contributed by atoms with van der Waals surface area (Å²) >= 11 is 0. The molecule has 11 nitrogen and oxygen atoms in total. The zero-order valence-electron chi connectivity index (χ0n) is 22.4. The maximum Gasteiger partial charge on any atom is 0.272 e. The first-order valence-corrected chi connectivity index (χ1v) is 15.0. The van der Waals surface area contributed by atoms with Crippen molar-refractivity contribution in [2.75, 3.05) is 46.1 Å². The van der Waals surface area contributed by atoms with Crippen molar-refractivity contribution in [3.63, 3.8) is 0 Å². The molecule has 3 aliphatic heterocycles. The number of hydrogen-bond donors (Lipinski definition) is 0. The minimum atomic E-state index is -3.82. The van der Waals surface area contributed by atoms with E-state index in [2.05, 4.69) is 25.0 Å². The third-order valence-electron chi connectivity index (χ3n) is 7.90. The molecule has 40 heavy (non-hydrogen) atoms. The van der Waals surface area contributed by atoms with Crippen molar-refractivity contribution in [2.24, 2.45) is 0 Å². The van der Waals surface area contributed by atoms with E-state index in [9.17, 15) is 13.2 Å². The van der Waals surface area contributed by atoms with Crippen molar-refractivity contribution in [3.05, 3.63) is 65.6 Å². The van der Waals surface area contributed by atoms with Gasteiger partial charge in [0, 0.05) is 64.1 Å². The Bertz CT molecular complexity index is 1480. The largest absolute Gasteiger partial charge is 0.454 e. The van der Waals surface area contributed by atoms with Gasteiger partial charge in [0.15, 0.2) is 16.5 Å². The number of fused-ring (bicyclic) bond motifs is 1. The highest BCUT2D eigenvalue weighted by atomic mass is 32.2. The molecule has 1 aromatic carbocycles. The molecule has 0 aliphatic carbocycles. The van der Waals surface area contributed by atoms with E-state index in [1.165, 1.54) is 18.2 Å². The number of aromatic nitrogens is 3. The highest BCUT2D eigenvalue weighted by Gasteiger charge is 2.30.